The molecule has 1 fully saturated rings. The van der Waals surface area contributed by atoms with Gasteiger partial charge in [-0.3, -0.25) is 4.90 Å². The molecule has 1 saturated carbocycles. The van der Waals surface area contributed by atoms with Crippen molar-refractivity contribution >= 4 is 0 Å². The van der Waals surface area contributed by atoms with E-state index in [1.54, 1.807) is 0 Å². The predicted octanol–water partition coefficient (Wildman–Crippen LogP) is 3.21. The molecular weight excluding hydrogens is 321 g/mol. The maximum atomic E-state index is 12.7. The number of alkyl halides is 3. The second-order valence-corrected chi connectivity index (χ2v) is 6.02. The number of halogens is 3. The van der Waals surface area contributed by atoms with Crippen LogP contribution in [0.4, 0.5) is 13.2 Å². The van der Waals surface area contributed by atoms with Gasteiger partial charge in [-0.25, -0.2) is 0 Å². The minimum Gasteiger partial charge on any atom is -0.491 e. The van der Waals surface area contributed by atoms with Crippen molar-refractivity contribution in [1.29, 1.82) is 5.26 Å². The van der Waals surface area contributed by atoms with E-state index >= 15 is 0 Å². The summed E-state index contributed by atoms with van der Waals surface area (Å²) in [5, 5.41) is 19.0. The Labute approximate surface area is 139 Å². The second kappa shape index (κ2) is 8.36. The maximum absolute atomic E-state index is 12.7. The Morgan fingerprint density at radius 1 is 1.33 bits per heavy atom. The molecule has 2 rings (SSSR count). The molecule has 1 aliphatic rings. The number of hydrogen-bond acceptors (Lipinski definition) is 4. The predicted molar refractivity (Wildman–Crippen MR) is 82.4 cm³/mol. The normalized spacial score (nSPS) is 17.0. The molecule has 0 radical (unpaired) electrons. The van der Waals surface area contributed by atoms with Crippen LogP contribution in [0.2, 0.25) is 0 Å². The fourth-order valence-corrected chi connectivity index (χ4v) is 2.98. The van der Waals surface area contributed by atoms with Gasteiger partial charge in [-0.2, -0.15) is 18.4 Å². The van der Waals surface area contributed by atoms with Gasteiger partial charge in [-0.15, -0.1) is 0 Å². The number of nitriles is 1. The van der Waals surface area contributed by atoms with Gasteiger partial charge in [0.1, 0.15) is 18.5 Å². The van der Waals surface area contributed by atoms with Gasteiger partial charge in [-0.05, 0) is 31.0 Å². The molecular formula is C17H21F3N2O2. The highest BCUT2D eigenvalue weighted by atomic mass is 19.4. The van der Waals surface area contributed by atoms with E-state index in [1.807, 2.05) is 4.90 Å². The Hall–Kier alpha value is -1.78. The number of aliphatic hydroxyl groups excluding tert-OH is 1. The SMILES string of the molecule is N#CCN(CC(O)COc1cccc(C(F)(F)F)c1)C1CCCC1. The minimum atomic E-state index is -4.43. The van der Waals surface area contributed by atoms with Gasteiger partial charge >= 0.3 is 6.18 Å². The van der Waals surface area contributed by atoms with Crippen LogP contribution in [0.25, 0.3) is 0 Å². The first kappa shape index (κ1) is 18.6. The fraction of sp³-hybridized carbons (Fsp3) is 0.588. The second-order valence-electron chi connectivity index (χ2n) is 6.02. The zero-order valence-corrected chi connectivity index (χ0v) is 13.3. The van der Waals surface area contributed by atoms with E-state index in [-0.39, 0.29) is 31.5 Å². The first-order valence-corrected chi connectivity index (χ1v) is 7.99. The molecule has 24 heavy (non-hydrogen) atoms. The van der Waals surface area contributed by atoms with Crippen molar-refractivity contribution in [1.82, 2.24) is 4.90 Å². The Bertz CT molecular complexity index is 566. The van der Waals surface area contributed by atoms with Crippen molar-refractivity contribution in [3.8, 4) is 11.8 Å². The van der Waals surface area contributed by atoms with Crippen molar-refractivity contribution in [3.05, 3.63) is 29.8 Å². The summed E-state index contributed by atoms with van der Waals surface area (Å²) in [6.45, 7) is 0.387. The molecule has 1 aliphatic carbocycles. The van der Waals surface area contributed by atoms with Crippen LogP contribution in [0.1, 0.15) is 31.2 Å². The van der Waals surface area contributed by atoms with Gasteiger partial charge < -0.3 is 9.84 Å². The highest BCUT2D eigenvalue weighted by Gasteiger charge is 2.30. The summed E-state index contributed by atoms with van der Waals surface area (Å²) in [4.78, 5) is 1.92. The first-order valence-electron chi connectivity index (χ1n) is 7.99. The van der Waals surface area contributed by atoms with E-state index in [2.05, 4.69) is 6.07 Å². The third-order valence-corrected chi connectivity index (χ3v) is 4.16. The molecule has 0 saturated heterocycles. The molecule has 0 bridgehead atoms. The number of nitrogens with zero attached hydrogens (tertiary/aromatic N) is 2. The lowest BCUT2D eigenvalue weighted by Gasteiger charge is -2.28. The lowest BCUT2D eigenvalue weighted by molar-refractivity contribution is -0.137. The first-order chi connectivity index (χ1) is 11.4. The smallest absolute Gasteiger partial charge is 0.416 e. The van der Waals surface area contributed by atoms with Crippen molar-refractivity contribution in [2.24, 2.45) is 0 Å². The monoisotopic (exact) mass is 342 g/mol. The molecule has 0 aliphatic heterocycles. The number of rotatable bonds is 7. The van der Waals surface area contributed by atoms with E-state index in [0.29, 0.717) is 0 Å². The van der Waals surface area contributed by atoms with Crippen LogP contribution < -0.4 is 4.74 Å². The van der Waals surface area contributed by atoms with Crippen LogP contribution in [-0.2, 0) is 6.18 Å². The van der Waals surface area contributed by atoms with Crippen LogP contribution in [-0.4, -0.2) is 41.8 Å². The van der Waals surface area contributed by atoms with Crippen molar-refractivity contribution in [3.63, 3.8) is 0 Å². The molecule has 1 unspecified atom stereocenters. The summed E-state index contributed by atoms with van der Waals surface area (Å²) in [6, 6.07) is 6.96. The average molecular weight is 342 g/mol. The summed E-state index contributed by atoms with van der Waals surface area (Å²) in [6.07, 6.45) is -1.06. The number of ether oxygens (including phenoxy) is 1. The Balaban J connectivity index is 1.88. The standard InChI is InChI=1S/C17H21F3N2O2/c18-17(19,20)13-4-3-7-16(10-13)24-12-15(23)11-22(9-8-21)14-5-1-2-6-14/h3-4,7,10,14-15,23H,1-2,5-6,9,11-12H2. The van der Waals surface area contributed by atoms with Crippen LogP contribution in [0, 0.1) is 11.3 Å². The Morgan fingerprint density at radius 3 is 2.67 bits per heavy atom. The zero-order chi connectivity index (χ0) is 17.6. The molecule has 1 atom stereocenters. The van der Waals surface area contributed by atoms with E-state index in [0.717, 1.165) is 37.8 Å². The Morgan fingerprint density at radius 2 is 2.04 bits per heavy atom. The van der Waals surface area contributed by atoms with Gasteiger partial charge in [0.15, 0.2) is 0 Å². The Kier molecular flexibility index (Phi) is 6.46. The van der Waals surface area contributed by atoms with Gasteiger partial charge in [-0.1, -0.05) is 18.9 Å². The van der Waals surface area contributed by atoms with E-state index in [1.165, 1.54) is 12.1 Å². The molecule has 0 aromatic heterocycles. The average Bonchev–Trinajstić information content (AvgIpc) is 3.06. The highest BCUT2D eigenvalue weighted by Crippen LogP contribution is 2.31. The molecule has 1 aromatic rings. The molecule has 0 amide bonds. The summed E-state index contributed by atoms with van der Waals surface area (Å²) < 4.78 is 43.2. The van der Waals surface area contributed by atoms with Crippen molar-refractivity contribution in [2.45, 2.75) is 44.0 Å². The quantitative estimate of drug-likeness (QED) is 0.773. The van der Waals surface area contributed by atoms with Gasteiger partial charge in [0.2, 0.25) is 0 Å². The van der Waals surface area contributed by atoms with E-state index in [4.69, 9.17) is 10.00 Å². The van der Waals surface area contributed by atoms with E-state index in [9.17, 15) is 18.3 Å². The van der Waals surface area contributed by atoms with E-state index < -0.39 is 17.8 Å². The largest absolute Gasteiger partial charge is 0.491 e. The van der Waals surface area contributed by atoms with Crippen LogP contribution in [0.15, 0.2) is 24.3 Å². The molecule has 0 heterocycles. The van der Waals surface area contributed by atoms with Crippen LogP contribution >= 0.6 is 0 Å². The summed E-state index contributed by atoms with van der Waals surface area (Å²) >= 11 is 0. The van der Waals surface area contributed by atoms with Crippen molar-refractivity contribution in [2.75, 3.05) is 19.7 Å². The maximum Gasteiger partial charge on any atom is 0.416 e. The number of aliphatic hydroxyl groups is 1. The van der Waals surface area contributed by atoms with Crippen molar-refractivity contribution < 1.29 is 23.0 Å². The fourth-order valence-electron chi connectivity index (χ4n) is 2.98. The molecule has 132 valence electrons. The molecule has 7 heteroatoms. The molecule has 1 N–H and O–H groups in total. The third kappa shape index (κ3) is 5.39. The van der Waals surface area contributed by atoms with Crippen LogP contribution in [0.3, 0.4) is 0 Å². The topological polar surface area (TPSA) is 56.5 Å². The number of benzene rings is 1. The summed E-state index contributed by atoms with van der Waals surface area (Å²) in [7, 11) is 0. The lowest BCUT2D eigenvalue weighted by Crippen LogP contribution is -2.41. The number of hydrogen-bond donors (Lipinski definition) is 1. The molecule has 0 spiro atoms. The van der Waals surface area contributed by atoms with Gasteiger partial charge in [0, 0.05) is 12.6 Å². The highest BCUT2D eigenvalue weighted by molar-refractivity contribution is 5.30. The van der Waals surface area contributed by atoms with Crippen LogP contribution in [0.5, 0.6) is 5.75 Å². The molecule has 1 aromatic carbocycles. The minimum absolute atomic E-state index is 0.0663. The van der Waals surface area contributed by atoms with Gasteiger partial charge in [0.25, 0.3) is 0 Å². The van der Waals surface area contributed by atoms with Gasteiger partial charge in [0.05, 0.1) is 18.2 Å². The summed E-state index contributed by atoms with van der Waals surface area (Å²) in [5.74, 6) is 0.0663. The third-order valence-electron chi connectivity index (χ3n) is 4.16. The zero-order valence-electron chi connectivity index (χ0n) is 13.3. The molecule has 4 nitrogen and oxygen atoms in total. The summed E-state index contributed by atoms with van der Waals surface area (Å²) in [5.41, 5.74) is -0.786. The lowest BCUT2D eigenvalue weighted by atomic mass is 10.2.